The minimum Gasteiger partial charge on any atom is -0.481 e. The van der Waals surface area contributed by atoms with Crippen LogP contribution in [0, 0.1) is 0 Å². The summed E-state index contributed by atoms with van der Waals surface area (Å²) in [6.45, 7) is 2.73. The lowest BCUT2D eigenvalue weighted by Gasteiger charge is -2.24. The van der Waals surface area contributed by atoms with E-state index in [1.165, 1.54) is 0 Å². The number of rotatable bonds is 8. The molecule has 0 saturated heterocycles. The molecule has 1 unspecified atom stereocenters. The van der Waals surface area contributed by atoms with Gasteiger partial charge in [0.2, 0.25) is 0 Å². The molecule has 90 valence electrons. The van der Waals surface area contributed by atoms with E-state index < -0.39 is 11.3 Å². The number of carboxylic acid groups (broad SMARTS) is 1. The number of halogens is 1. The van der Waals surface area contributed by atoms with E-state index in [2.05, 4.69) is 6.92 Å². The number of hydrogen-bond acceptors (Lipinski definition) is 2. The first-order valence-electron chi connectivity index (χ1n) is 5.29. The minimum atomic E-state index is -0.679. The highest BCUT2D eigenvalue weighted by atomic mass is 35.5. The van der Waals surface area contributed by atoms with Crippen molar-refractivity contribution >= 4 is 26.2 Å². The molecule has 3 nitrogen and oxygen atoms in total. The van der Waals surface area contributed by atoms with Crippen molar-refractivity contribution in [2.75, 3.05) is 13.7 Å². The minimum absolute atomic E-state index is 0. The molecule has 0 aliphatic carbocycles. The Hall–Kier alpha value is -0.215. The Morgan fingerprint density at radius 2 is 1.93 bits per heavy atom. The first-order chi connectivity index (χ1) is 6.56. The standard InChI is InChI=1S/C10H21BO3.ClH/c1-3-4-6-10(11,9(12)13)7-5-8-14-2;/h3-8,11H2,1-2H3,(H,12,13);1H. The molecule has 0 amide bonds. The molecule has 0 aliphatic heterocycles. The van der Waals surface area contributed by atoms with Crippen molar-refractivity contribution in [2.45, 2.75) is 44.3 Å². The second-order valence-corrected chi connectivity index (χ2v) is 4.07. The predicted octanol–water partition coefficient (Wildman–Crippen LogP) is 1.90. The Kier molecular flexibility index (Phi) is 10.4. The summed E-state index contributed by atoms with van der Waals surface area (Å²) in [4.78, 5) is 11.1. The Morgan fingerprint density at radius 1 is 1.40 bits per heavy atom. The number of carbonyl (C=O) groups is 1. The summed E-state index contributed by atoms with van der Waals surface area (Å²) >= 11 is 0. The topological polar surface area (TPSA) is 46.5 Å². The van der Waals surface area contributed by atoms with Crippen LogP contribution in [0.5, 0.6) is 0 Å². The maximum atomic E-state index is 11.1. The molecule has 0 heterocycles. The SMILES string of the molecule is BC(CCCC)(CCCOC)C(=O)O.Cl. The molecule has 1 N–H and O–H groups in total. The van der Waals surface area contributed by atoms with E-state index in [1.54, 1.807) is 7.11 Å². The van der Waals surface area contributed by atoms with Gasteiger partial charge in [0.25, 0.3) is 0 Å². The summed E-state index contributed by atoms with van der Waals surface area (Å²) in [7, 11) is 3.48. The van der Waals surface area contributed by atoms with Gasteiger partial charge < -0.3 is 9.84 Å². The number of hydrogen-bond donors (Lipinski definition) is 1. The Balaban J connectivity index is 0. The highest BCUT2D eigenvalue weighted by Crippen LogP contribution is 2.34. The fourth-order valence-corrected chi connectivity index (χ4v) is 1.51. The van der Waals surface area contributed by atoms with Crippen molar-refractivity contribution in [1.82, 2.24) is 0 Å². The lowest BCUT2D eigenvalue weighted by atomic mass is 9.63. The van der Waals surface area contributed by atoms with E-state index in [-0.39, 0.29) is 12.4 Å². The molecule has 15 heavy (non-hydrogen) atoms. The van der Waals surface area contributed by atoms with Gasteiger partial charge in [-0.2, -0.15) is 0 Å². The number of methoxy groups -OCH3 is 1. The monoisotopic (exact) mass is 236 g/mol. The van der Waals surface area contributed by atoms with Crippen molar-refractivity contribution in [2.24, 2.45) is 0 Å². The average Bonchev–Trinajstić information content (AvgIpc) is 2.15. The molecule has 0 bridgehead atoms. The maximum Gasteiger partial charge on any atom is 0.301 e. The quantitative estimate of drug-likeness (QED) is 0.517. The van der Waals surface area contributed by atoms with Gasteiger partial charge in [-0.25, -0.2) is 0 Å². The van der Waals surface area contributed by atoms with Gasteiger partial charge in [-0.3, -0.25) is 4.79 Å². The second kappa shape index (κ2) is 9.04. The molecular formula is C10H22BClO3. The Labute approximate surface area is 99.4 Å². The molecule has 0 spiro atoms. The third-order valence-corrected chi connectivity index (χ3v) is 2.68. The highest BCUT2D eigenvalue weighted by Gasteiger charge is 2.31. The first-order valence-corrected chi connectivity index (χ1v) is 5.29. The molecular weight excluding hydrogens is 214 g/mol. The van der Waals surface area contributed by atoms with Gasteiger partial charge in [0.1, 0.15) is 7.85 Å². The van der Waals surface area contributed by atoms with Crippen LogP contribution in [0.1, 0.15) is 39.0 Å². The molecule has 0 radical (unpaired) electrons. The van der Waals surface area contributed by atoms with Crippen molar-refractivity contribution in [3.05, 3.63) is 0 Å². The maximum absolute atomic E-state index is 11.1. The van der Waals surface area contributed by atoms with E-state index in [1.807, 2.05) is 7.85 Å². The van der Waals surface area contributed by atoms with E-state index >= 15 is 0 Å². The first kappa shape index (κ1) is 17.2. The van der Waals surface area contributed by atoms with Crippen LogP contribution in [0.25, 0.3) is 0 Å². The summed E-state index contributed by atoms with van der Waals surface area (Å²) in [5.74, 6) is -0.679. The van der Waals surface area contributed by atoms with Gasteiger partial charge in [-0.1, -0.05) is 19.8 Å². The lowest BCUT2D eigenvalue weighted by Crippen LogP contribution is -2.24. The number of unbranched alkanes of at least 4 members (excludes halogenated alkanes) is 1. The zero-order valence-corrected chi connectivity index (χ0v) is 10.7. The number of carboxylic acids is 1. The smallest absolute Gasteiger partial charge is 0.301 e. The third-order valence-electron chi connectivity index (χ3n) is 2.68. The van der Waals surface area contributed by atoms with Gasteiger partial charge in [0.05, 0.1) is 0 Å². The largest absolute Gasteiger partial charge is 0.481 e. The van der Waals surface area contributed by atoms with E-state index in [9.17, 15) is 4.79 Å². The molecule has 0 saturated carbocycles. The molecule has 0 aromatic rings. The van der Waals surface area contributed by atoms with E-state index in [0.717, 1.165) is 25.7 Å². The zero-order valence-electron chi connectivity index (χ0n) is 9.91. The molecule has 0 aromatic carbocycles. The van der Waals surface area contributed by atoms with Crippen LogP contribution in [0.2, 0.25) is 5.31 Å². The van der Waals surface area contributed by atoms with Gasteiger partial charge in [-0.05, 0) is 19.3 Å². The van der Waals surface area contributed by atoms with Crippen LogP contribution >= 0.6 is 12.4 Å². The normalized spacial score (nSPS) is 14.0. The molecule has 0 fully saturated rings. The van der Waals surface area contributed by atoms with Crippen LogP contribution in [-0.2, 0) is 9.53 Å². The lowest BCUT2D eigenvalue weighted by molar-refractivity contribution is -0.141. The number of ether oxygens (including phenoxy) is 1. The van der Waals surface area contributed by atoms with Crippen LogP contribution in [0.4, 0.5) is 0 Å². The summed E-state index contributed by atoms with van der Waals surface area (Å²) in [6.07, 6.45) is 4.32. The molecule has 0 aromatic heterocycles. The van der Waals surface area contributed by atoms with Crippen LogP contribution in [0.15, 0.2) is 0 Å². The van der Waals surface area contributed by atoms with Gasteiger partial charge in [0, 0.05) is 19.0 Å². The summed E-state index contributed by atoms with van der Waals surface area (Å²) in [6, 6.07) is 0. The summed E-state index contributed by atoms with van der Waals surface area (Å²) in [5.41, 5.74) is 0. The second-order valence-electron chi connectivity index (χ2n) is 4.07. The summed E-state index contributed by atoms with van der Waals surface area (Å²) < 4.78 is 4.93. The fraction of sp³-hybridized carbons (Fsp3) is 0.900. The van der Waals surface area contributed by atoms with Gasteiger partial charge in [-0.15, -0.1) is 12.4 Å². The van der Waals surface area contributed by atoms with Crippen molar-refractivity contribution < 1.29 is 14.6 Å². The average molecular weight is 237 g/mol. The number of aliphatic carboxylic acids is 1. The van der Waals surface area contributed by atoms with Gasteiger partial charge >= 0.3 is 5.97 Å². The van der Waals surface area contributed by atoms with Crippen molar-refractivity contribution in [3.63, 3.8) is 0 Å². The summed E-state index contributed by atoms with van der Waals surface area (Å²) in [5, 5.41) is 8.56. The molecule has 1 atom stereocenters. The molecule has 0 rings (SSSR count). The van der Waals surface area contributed by atoms with Crippen LogP contribution < -0.4 is 0 Å². The van der Waals surface area contributed by atoms with E-state index in [0.29, 0.717) is 13.0 Å². The van der Waals surface area contributed by atoms with E-state index in [4.69, 9.17) is 9.84 Å². The zero-order chi connectivity index (χ0) is 11.0. The Bertz CT molecular complexity index is 178. The molecule has 0 aliphatic rings. The fourth-order valence-electron chi connectivity index (χ4n) is 1.51. The van der Waals surface area contributed by atoms with Gasteiger partial charge in [0.15, 0.2) is 0 Å². The van der Waals surface area contributed by atoms with Crippen LogP contribution in [0.3, 0.4) is 0 Å². The third kappa shape index (κ3) is 6.80. The van der Waals surface area contributed by atoms with Crippen LogP contribution in [-0.4, -0.2) is 32.6 Å². The highest BCUT2D eigenvalue weighted by molar-refractivity contribution is 6.26. The predicted molar refractivity (Wildman–Crippen MR) is 66.8 cm³/mol. The van der Waals surface area contributed by atoms with Crippen molar-refractivity contribution in [3.8, 4) is 0 Å². The Morgan fingerprint density at radius 3 is 2.33 bits per heavy atom. The van der Waals surface area contributed by atoms with Crippen molar-refractivity contribution in [1.29, 1.82) is 0 Å². The molecule has 5 heteroatoms.